The van der Waals surface area contributed by atoms with E-state index in [0.29, 0.717) is 43.3 Å². The van der Waals surface area contributed by atoms with Gasteiger partial charge in [-0.2, -0.15) is 0 Å². The van der Waals surface area contributed by atoms with Gasteiger partial charge in [0.05, 0.1) is 22.1 Å². The molecule has 1 heterocycles. The van der Waals surface area contributed by atoms with E-state index < -0.39 is 15.5 Å². The van der Waals surface area contributed by atoms with E-state index in [4.69, 9.17) is 9.47 Å². The predicted octanol–water partition coefficient (Wildman–Crippen LogP) is 5.64. The smallest absolute Gasteiger partial charge is 0.333 e. The highest BCUT2D eigenvalue weighted by Gasteiger charge is 2.25. The van der Waals surface area contributed by atoms with Gasteiger partial charge in [-0.15, -0.1) is 10.2 Å². The van der Waals surface area contributed by atoms with Crippen LogP contribution in [0.1, 0.15) is 6.42 Å². The molecule has 34 heavy (non-hydrogen) atoms. The predicted molar refractivity (Wildman–Crippen MR) is 131 cm³/mol. The number of fused-ring (bicyclic) bond motifs is 1. The van der Waals surface area contributed by atoms with Crippen LogP contribution in [0.2, 0.25) is 0 Å². The van der Waals surface area contributed by atoms with E-state index >= 15 is 0 Å². The Kier molecular flexibility index (Phi) is 8.79. The molecule has 0 saturated heterocycles. The molecule has 0 unspecified atom stereocenters. The molecule has 180 valence electrons. The fraction of sp³-hybridized carbons (Fsp3) is 0.333. The number of nitrogens with one attached hydrogen (secondary N) is 2. The van der Waals surface area contributed by atoms with Crippen LogP contribution >= 0.6 is 11.3 Å². The van der Waals surface area contributed by atoms with Crippen molar-refractivity contribution in [3.63, 3.8) is 0 Å². The van der Waals surface area contributed by atoms with E-state index in [1.165, 1.54) is 0 Å². The van der Waals surface area contributed by atoms with Crippen molar-refractivity contribution in [2.75, 3.05) is 51.2 Å². The summed E-state index contributed by atoms with van der Waals surface area (Å²) in [6, 6.07) is 10.2. The number of ether oxygens (including phenoxy) is 2. The van der Waals surface area contributed by atoms with E-state index in [9.17, 15) is 20.2 Å². The van der Waals surface area contributed by atoms with E-state index in [1.54, 1.807) is 20.3 Å². The fourth-order valence-corrected chi connectivity index (χ4v) is 4.01. The lowest BCUT2D eigenvalue weighted by Gasteiger charge is -2.15. The molecule has 0 atom stereocenters. The Labute approximate surface area is 198 Å². The zero-order valence-electron chi connectivity index (χ0n) is 18.6. The second kappa shape index (κ2) is 12.0. The Bertz CT molecular complexity index is 1200. The van der Waals surface area contributed by atoms with Gasteiger partial charge in [-0.05, 0) is 36.0 Å². The van der Waals surface area contributed by atoms with E-state index in [2.05, 4.69) is 20.9 Å². The van der Waals surface area contributed by atoms with Gasteiger partial charge in [-0.3, -0.25) is 20.2 Å². The second-order valence-corrected chi connectivity index (χ2v) is 8.05. The minimum Gasteiger partial charge on any atom is -0.385 e. The average molecular weight is 489 g/mol. The van der Waals surface area contributed by atoms with Crippen molar-refractivity contribution < 1.29 is 19.3 Å². The van der Waals surface area contributed by atoms with Crippen LogP contribution in [0.4, 0.5) is 32.8 Å². The molecule has 0 bridgehead atoms. The highest BCUT2D eigenvalue weighted by Crippen LogP contribution is 2.43. The summed E-state index contributed by atoms with van der Waals surface area (Å²) >= 11 is 0.603. The molecule has 0 aliphatic rings. The topological polar surface area (TPSA) is 154 Å². The largest absolute Gasteiger partial charge is 0.385 e. The summed E-state index contributed by atoms with van der Waals surface area (Å²) < 4.78 is 10.2. The Morgan fingerprint density at radius 3 is 2.41 bits per heavy atom. The molecular formula is C21H24N6O6S. The first kappa shape index (κ1) is 25.0. The first-order valence-corrected chi connectivity index (χ1v) is 11.1. The molecule has 0 amide bonds. The SMILES string of the molecule is COCCCNc1ccc(N=Nc2sc([N+](=O)[O-])cc2[N+](=O)[O-])c2c(NCCOC)cccc12. The average Bonchev–Trinajstić information content (AvgIpc) is 3.26. The maximum atomic E-state index is 11.3. The van der Waals surface area contributed by atoms with Crippen LogP contribution in [-0.4, -0.2) is 50.4 Å². The molecule has 12 nitrogen and oxygen atoms in total. The van der Waals surface area contributed by atoms with Crippen molar-refractivity contribution >= 4 is 54.9 Å². The summed E-state index contributed by atoms with van der Waals surface area (Å²) in [4.78, 5) is 21.0. The van der Waals surface area contributed by atoms with E-state index in [0.717, 1.165) is 34.6 Å². The van der Waals surface area contributed by atoms with Gasteiger partial charge >= 0.3 is 10.7 Å². The Morgan fingerprint density at radius 2 is 1.71 bits per heavy atom. The lowest BCUT2D eigenvalue weighted by Crippen LogP contribution is -2.08. The standard InChI is InChI=1S/C21H24N6O6S/c1-32-11-4-9-22-15-7-8-17(20-14(15)5-3-6-16(20)23-10-12-33-2)24-25-21-18(26(28)29)13-19(34-21)27(30)31/h3,5-8,13,22-23H,4,9-12H2,1-2H3. The quantitative estimate of drug-likeness (QED) is 0.136. The molecule has 2 aromatic carbocycles. The van der Waals surface area contributed by atoms with Crippen LogP contribution < -0.4 is 10.6 Å². The minimum atomic E-state index is -0.708. The third kappa shape index (κ3) is 6.01. The molecule has 0 saturated carbocycles. The van der Waals surface area contributed by atoms with Crippen molar-refractivity contribution in [2.24, 2.45) is 10.2 Å². The number of azo groups is 1. The number of hydrogen-bond acceptors (Lipinski definition) is 11. The van der Waals surface area contributed by atoms with Gasteiger partial charge in [0.1, 0.15) is 6.07 Å². The Balaban J connectivity index is 2.04. The van der Waals surface area contributed by atoms with Crippen LogP contribution in [0.3, 0.4) is 0 Å². The van der Waals surface area contributed by atoms with Gasteiger partial charge < -0.3 is 20.1 Å². The number of hydrogen-bond donors (Lipinski definition) is 2. The van der Waals surface area contributed by atoms with E-state index in [1.807, 2.05) is 24.3 Å². The lowest BCUT2D eigenvalue weighted by atomic mass is 10.0. The van der Waals surface area contributed by atoms with Crippen molar-refractivity contribution in [1.82, 2.24) is 0 Å². The number of methoxy groups -OCH3 is 2. The van der Waals surface area contributed by atoms with Crippen molar-refractivity contribution in [2.45, 2.75) is 6.42 Å². The van der Waals surface area contributed by atoms with Crippen LogP contribution in [0.25, 0.3) is 10.8 Å². The molecule has 0 fully saturated rings. The zero-order valence-corrected chi connectivity index (χ0v) is 19.5. The molecule has 13 heteroatoms. The number of benzene rings is 2. The third-order valence-corrected chi connectivity index (χ3v) is 5.75. The highest BCUT2D eigenvalue weighted by atomic mass is 32.1. The number of anilines is 2. The molecule has 3 aromatic rings. The first-order chi connectivity index (χ1) is 16.5. The Morgan fingerprint density at radius 1 is 0.941 bits per heavy atom. The van der Waals surface area contributed by atoms with Gasteiger partial charge in [-0.1, -0.05) is 12.1 Å². The summed E-state index contributed by atoms with van der Waals surface area (Å²) in [5, 5.41) is 38.5. The molecule has 3 rings (SSSR count). The number of thiophene rings is 1. The number of rotatable bonds is 13. The maximum absolute atomic E-state index is 11.3. The van der Waals surface area contributed by atoms with Gasteiger partial charge in [-0.25, -0.2) is 0 Å². The van der Waals surface area contributed by atoms with E-state index in [-0.39, 0.29) is 10.0 Å². The zero-order chi connectivity index (χ0) is 24.5. The fourth-order valence-electron chi connectivity index (χ4n) is 3.25. The van der Waals surface area contributed by atoms with Gasteiger partial charge in [0.25, 0.3) is 0 Å². The minimum absolute atomic E-state index is 0.142. The van der Waals surface area contributed by atoms with Crippen LogP contribution in [0.5, 0.6) is 0 Å². The molecule has 0 radical (unpaired) electrons. The second-order valence-electron chi connectivity index (χ2n) is 7.04. The van der Waals surface area contributed by atoms with Gasteiger partial charge in [0.2, 0.25) is 5.00 Å². The number of nitrogens with zero attached hydrogens (tertiary/aromatic N) is 4. The maximum Gasteiger partial charge on any atom is 0.333 e. The lowest BCUT2D eigenvalue weighted by molar-refractivity contribution is -0.389. The van der Waals surface area contributed by atoms with Crippen molar-refractivity contribution in [3.05, 3.63) is 56.6 Å². The molecule has 0 aliphatic carbocycles. The molecule has 0 spiro atoms. The molecular weight excluding hydrogens is 464 g/mol. The van der Waals surface area contributed by atoms with Crippen LogP contribution in [0, 0.1) is 20.2 Å². The number of nitro groups is 2. The van der Waals surface area contributed by atoms with Crippen molar-refractivity contribution in [1.29, 1.82) is 0 Å². The summed E-state index contributed by atoms with van der Waals surface area (Å²) in [6.07, 6.45) is 0.825. The van der Waals surface area contributed by atoms with Gasteiger partial charge in [0, 0.05) is 56.1 Å². The summed E-state index contributed by atoms with van der Waals surface area (Å²) in [7, 11) is 3.26. The monoisotopic (exact) mass is 488 g/mol. The third-order valence-electron chi connectivity index (χ3n) is 4.79. The summed E-state index contributed by atoms with van der Waals surface area (Å²) in [6.45, 7) is 2.39. The highest BCUT2D eigenvalue weighted by molar-refractivity contribution is 7.19. The molecule has 2 N–H and O–H groups in total. The molecule has 0 aliphatic heterocycles. The Hall–Kier alpha value is -3.68. The molecule has 1 aromatic heterocycles. The summed E-state index contributed by atoms with van der Waals surface area (Å²) in [5.74, 6) is 0. The van der Waals surface area contributed by atoms with Gasteiger partial charge in [0.15, 0.2) is 0 Å². The summed E-state index contributed by atoms with van der Waals surface area (Å²) in [5.41, 5.74) is 1.68. The van der Waals surface area contributed by atoms with Crippen molar-refractivity contribution in [3.8, 4) is 0 Å². The normalized spacial score (nSPS) is 11.2. The van der Waals surface area contributed by atoms with Crippen LogP contribution in [-0.2, 0) is 9.47 Å². The van der Waals surface area contributed by atoms with Crippen LogP contribution in [0.15, 0.2) is 46.6 Å². The first-order valence-electron chi connectivity index (χ1n) is 10.3.